The van der Waals surface area contributed by atoms with Crippen molar-refractivity contribution in [1.82, 2.24) is 9.88 Å². The van der Waals surface area contributed by atoms with Gasteiger partial charge in [0.25, 0.3) is 0 Å². The lowest BCUT2D eigenvalue weighted by molar-refractivity contribution is 0.0884. The number of aliphatic hydroxyl groups excluding tert-OH is 1. The fourth-order valence-electron chi connectivity index (χ4n) is 3.50. The van der Waals surface area contributed by atoms with Crippen molar-refractivity contribution in [3.8, 4) is 0 Å². The lowest BCUT2D eigenvalue weighted by atomic mass is 10.00. The van der Waals surface area contributed by atoms with Gasteiger partial charge in [0.2, 0.25) is 0 Å². The average molecular weight is 295 g/mol. The predicted molar refractivity (Wildman–Crippen MR) is 83.3 cm³/mol. The Morgan fingerprint density at radius 2 is 2.00 bits per heavy atom. The summed E-state index contributed by atoms with van der Waals surface area (Å²) in [5.41, 5.74) is 0. The number of aromatic nitrogens is 1. The highest BCUT2D eigenvalue weighted by Gasteiger charge is 2.23. The van der Waals surface area contributed by atoms with Crippen molar-refractivity contribution in [2.75, 3.05) is 37.6 Å². The summed E-state index contributed by atoms with van der Waals surface area (Å²) in [4.78, 5) is 9.13. The molecule has 20 heavy (non-hydrogen) atoms. The van der Waals surface area contributed by atoms with Crippen LogP contribution in [0.3, 0.4) is 0 Å². The summed E-state index contributed by atoms with van der Waals surface area (Å²) in [5, 5.41) is 13.4. The van der Waals surface area contributed by atoms with E-state index in [0.717, 1.165) is 50.2 Å². The van der Waals surface area contributed by atoms with E-state index in [9.17, 15) is 5.11 Å². The SMILES string of the molecule is OC(CC1CCCC1)CN1CCN(c2nccs2)CC1. The number of hydrogen-bond donors (Lipinski definition) is 1. The molecule has 2 aliphatic rings. The van der Waals surface area contributed by atoms with E-state index < -0.39 is 0 Å². The van der Waals surface area contributed by atoms with Crippen LogP contribution in [0.4, 0.5) is 5.13 Å². The van der Waals surface area contributed by atoms with Gasteiger partial charge in [0.05, 0.1) is 6.10 Å². The quantitative estimate of drug-likeness (QED) is 0.904. The molecule has 0 spiro atoms. The Kier molecular flexibility index (Phi) is 4.91. The highest BCUT2D eigenvalue weighted by atomic mass is 32.1. The Balaban J connectivity index is 1.39. The highest BCUT2D eigenvalue weighted by Crippen LogP contribution is 2.28. The van der Waals surface area contributed by atoms with Crippen LogP contribution in [0, 0.1) is 5.92 Å². The van der Waals surface area contributed by atoms with Crippen molar-refractivity contribution in [3.05, 3.63) is 11.6 Å². The Morgan fingerprint density at radius 1 is 1.25 bits per heavy atom. The molecule has 5 heteroatoms. The van der Waals surface area contributed by atoms with Gasteiger partial charge in [-0.3, -0.25) is 4.90 Å². The minimum Gasteiger partial charge on any atom is -0.392 e. The maximum absolute atomic E-state index is 10.2. The number of anilines is 1. The van der Waals surface area contributed by atoms with Crippen LogP contribution in [0.15, 0.2) is 11.6 Å². The first-order valence-electron chi connectivity index (χ1n) is 7.86. The second-order valence-electron chi connectivity index (χ2n) is 6.14. The molecule has 1 N–H and O–H groups in total. The number of hydrogen-bond acceptors (Lipinski definition) is 5. The number of nitrogens with zero attached hydrogens (tertiary/aromatic N) is 3. The summed E-state index contributed by atoms with van der Waals surface area (Å²) in [5.74, 6) is 0.779. The number of thiazole rings is 1. The van der Waals surface area contributed by atoms with Crippen LogP contribution in [0.5, 0.6) is 0 Å². The summed E-state index contributed by atoms with van der Waals surface area (Å²) in [7, 11) is 0. The molecule has 2 fully saturated rings. The minimum absolute atomic E-state index is 0.135. The molecule has 1 atom stereocenters. The average Bonchev–Trinajstić information content (AvgIpc) is 3.12. The van der Waals surface area contributed by atoms with Gasteiger partial charge in [0.15, 0.2) is 5.13 Å². The number of piperazine rings is 1. The number of rotatable bonds is 5. The van der Waals surface area contributed by atoms with Gasteiger partial charge < -0.3 is 10.0 Å². The molecule has 0 bridgehead atoms. The molecule has 3 rings (SSSR count). The predicted octanol–water partition coefficient (Wildman–Crippen LogP) is 2.21. The Morgan fingerprint density at radius 3 is 2.65 bits per heavy atom. The third-order valence-corrected chi connectivity index (χ3v) is 5.44. The van der Waals surface area contributed by atoms with E-state index in [4.69, 9.17) is 0 Å². The van der Waals surface area contributed by atoms with Gasteiger partial charge in [-0.25, -0.2) is 4.98 Å². The Bertz CT molecular complexity index is 384. The number of β-amino-alcohol motifs (C(OH)–C–C–N with tert-alkyl or cyclic N) is 1. The lowest BCUT2D eigenvalue weighted by Gasteiger charge is -2.35. The van der Waals surface area contributed by atoms with Crippen LogP contribution in [-0.4, -0.2) is 53.8 Å². The molecule has 1 aromatic heterocycles. The zero-order valence-electron chi connectivity index (χ0n) is 12.1. The summed E-state index contributed by atoms with van der Waals surface area (Å²) in [6.45, 7) is 5.00. The largest absolute Gasteiger partial charge is 0.392 e. The summed E-state index contributed by atoms with van der Waals surface area (Å²) in [6, 6.07) is 0. The van der Waals surface area contributed by atoms with E-state index in [1.165, 1.54) is 25.7 Å². The van der Waals surface area contributed by atoms with Crippen LogP contribution < -0.4 is 4.90 Å². The minimum atomic E-state index is -0.135. The van der Waals surface area contributed by atoms with Gasteiger partial charge in [-0.2, -0.15) is 0 Å². The van der Waals surface area contributed by atoms with Crippen molar-refractivity contribution in [2.45, 2.75) is 38.2 Å². The molecule has 1 aromatic rings. The standard InChI is InChI=1S/C15H25N3OS/c19-14(11-13-3-1-2-4-13)12-17-6-8-18(9-7-17)15-16-5-10-20-15/h5,10,13-14,19H,1-4,6-9,11-12H2. The summed E-state index contributed by atoms with van der Waals surface area (Å²) in [6.07, 6.45) is 8.13. The molecule has 2 heterocycles. The molecular weight excluding hydrogens is 270 g/mol. The number of aliphatic hydroxyl groups is 1. The first-order valence-corrected chi connectivity index (χ1v) is 8.74. The molecule has 4 nitrogen and oxygen atoms in total. The summed E-state index contributed by atoms with van der Waals surface area (Å²) < 4.78 is 0. The summed E-state index contributed by atoms with van der Waals surface area (Å²) >= 11 is 1.71. The van der Waals surface area contributed by atoms with Gasteiger partial charge in [0, 0.05) is 44.3 Å². The molecule has 1 unspecified atom stereocenters. The highest BCUT2D eigenvalue weighted by molar-refractivity contribution is 7.13. The van der Waals surface area contributed by atoms with E-state index >= 15 is 0 Å². The molecule has 112 valence electrons. The van der Waals surface area contributed by atoms with E-state index in [1.807, 2.05) is 11.6 Å². The lowest BCUT2D eigenvalue weighted by Crippen LogP contribution is -2.48. The van der Waals surface area contributed by atoms with Gasteiger partial charge >= 0.3 is 0 Å². The van der Waals surface area contributed by atoms with Crippen molar-refractivity contribution in [1.29, 1.82) is 0 Å². The second-order valence-corrected chi connectivity index (χ2v) is 7.02. The van der Waals surface area contributed by atoms with Crippen molar-refractivity contribution >= 4 is 16.5 Å². The molecule has 1 aliphatic heterocycles. The van der Waals surface area contributed by atoms with Crippen LogP contribution in [0.2, 0.25) is 0 Å². The Labute approximate surface area is 125 Å². The van der Waals surface area contributed by atoms with Crippen molar-refractivity contribution in [2.24, 2.45) is 5.92 Å². The molecule has 1 saturated heterocycles. The molecule has 1 saturated carbocycles. The Hall–Kier alpha value is -0.650. The molecule has 0 amide bonds. The first kappa shape index (κ1) is 14.3. The maximum atomic E-state index is 10.2. The van der Waals surface area contributed by atoms with Crippen molar-refractivity contribution in [3.63, 3.8) is 0 Å². The molecular formula is C15H25N3OS. The fourth-order valence-corrected chi connectivity index (χ4v) is 4.19. The van der Waals surface area contributed by atoms with Crippen LogP contribution in [0.1, 0.15) is 32.1 Å². The van der Waals surface area contributed by atoms with Gasteiger partial charge in [-0.15, -0.1) is 11.3 Å². The second kappa shape index (κ2) is 6.87. The zero-order valence-corrected chi connectivity index (χ0v) is 12.9. The molecule has 1 aliphatic carbocycles. The van der Waals surface area contributed by atoms with Gasteiger partial charge in [-0.05, 0) is 12.3 Å². The van der Waals surface area contributed by atoms with E-state index in [2.05, 4.69) is 14.8 Å². The van der Waals surface area contributed by atoms with Crippen LogP contribution in [-0.2, 0) is 0 Å². The van der Waals surface area contributed by atoms with E-state index in [0.29, 0.717) is 0 Å². The smallest absolute Gasteiger partial charge is 0.185 e. The van der Waals surface area contributed by atoms with Crippen LogP contribution in [0.25, 0.3) is 0 Å². The van der Waals surface area contributed by atoms with Gasteiger partial charge in [-0.1, -0.05) is 25.7 Å². The topological polar surface area (TPSA) is 39.6 Å². The zero-order chi connectivity index (χ0) is 13.8. The van der Waals surface area contributed by atoms with E-state index in [1.54, 1.807) is 11.3 Å². The van der Waals surface area contributed by atoms with E-state index in [-0.39, 0.29) is 6.10 Å². The molecule has 0 aromatic carbocycles. The monoisotopic (exact) mass is 295 g/mol. The molecule has 0 radical (unpaired) electrons. The normalized spacial score (nSPS) is 23.4. The first-order chi connectivity index (χ1) is 9.81. The van der Waals surface area contributed by atoms with Crippen LogP contribution >= 0.6 is 11.3 Å². The third-order valence-electron chi connectivity index (χ3n) is 4.61. The van der Waals surface area contributed by atoms with Gasteiger partial charge in [0.1, 0.15) is 0 Å². The maximum Gasteiger partial charge on any atom is 0.185 e. The third kappa shape index (κ3) is 3.71. The van der Waals surface area contributed by atoms with Crippen molar-refractivity contribution < 1.29 is 5.11 Å². The fraction of sp³-hybridized carbons (Fsp3) is 0.800.